The van der Waals surface area contributed by atoms with Crippen molar-refractivity contribution < 1.29 is 17.9 Å². The molecule has 0 spiro atoms. The second kappa shape index (κ2) is 10.4. The Bertz CT molecular complexity index is 820. The number of ether oxygens (including phenoxy) is 1. The number of nitrogens with one attached hydrogen (secondary N) is 2. The SMILES string of the molecule is CCc1ccc(C(=O)NCC2=CCNCC2)cc1S(=O)(=O)N1CCOCC1.Cl. The van der Waals surface area contributed by atoms with Crippen LogP contribution in [0.4, 0.5) is 0 Å². The number of rotatable bonds is 6. The highest BCUT2D eigenvalue weighted by atomic mass is 35.5. The number of aryl methyl sites for hydroxylation is 1. The minimum Gasteiger partial charge on any atom is -0.379 e. The number of nitrogens with zero attached hydrogens (tertiary/aromatic N) is 1. The minimum atomic E-state index is -3.64. The lowest BCUT2D eigenvalue weighted by atomic mass is 10.1. The van der Waals surface area contributed by atoms with Crippen LogP contribution in [0.2, 0.25) is 0 Å². The Balaban J connectivity index is 0.00000280. The average molecular weight is 430 g/mol. The molecule has 156 valence electrons. The lowest BCUT2D eigenvalue weighted by molar-refractivity contribution is 0.0730. The van der Waals surface area contributed by atoms with E-state index in [1.165, 1.54) is 15.9 Å². The standard InChI is InChI=1S/C19H27N3O4S.ClH/c1-2-16-3-4-17(19(23)21-14-15-5-7-20-8-6-15)13-18(16)27(24,25)22-9-11-26-12-10-22;/h3-5,13,20H,2,6-12,14H2,1H3,(H,21,23);1H. The van der Waals surface area contributed by atoms with E-state index in [4.69, 9.17) is 4.74 Å². The lowest BCUT2D eigenvalue weighted by Gasteiger charge is -2.27. The van der Waals surface area contributed by atoms with Gasteiger partial charge in [-0.15, -0.1) is 12.4 Å². The second-order valence-corrected chi connectivity index (χ2v) is 8.60. The van der Waals surface area contributed by atoms with Crippen LogP contribution in [0, 0.1) is 0 Å². The van der Waals surface area contributed by atoms with Gasteiger partial charge in [-0.3, -0.25) is 4.79 Å². The van der Waals surface area contributed by atoms with Crippen LogP contribution in [0.3, 0.4) is 0 Å². The van der Waals surface area contributed by atoms with E-state index in [1.54, 1.807) is 12.1 Å². The number of carbonyl (C=O) groups is 1. The van der Waals surface area contributed by atoms with Crippen LogP contribution in [-0.4, -0.2) is 64.6 Å². The number of carbonyl (C=O) groups excluding carboxylic acids is 1. The molecule has 0 bridgehead atoms. The van der Waals surface area contributed by atoms with Gasteiger partial charge in [-0.1, -0.05) is 24.6 Å². The van der Waals surface area contributed by atoms with Gasteiger partial charge in [0, 0.05) is 31.7 Å². The van der Waals surface area contributed by atoms with E-state index in [0.717, 1.165) is 25.1 Å². The monoisotopic (exact) mass is 429 g/mol. The summed E-state index contributed by atoms with van der Waals surface area (Å²) in [7, 11) is -3.64. The van der Waals surface area contributed by atoms with Gasteiger partial charge in [0.1, 0.15) is 0 Å². The summed E-state index contributed by atoms with van der Waals surface area (Å²) in [5.74, 6) is -0.254. The van der Waals surface area contributed by atoms with Crippen molar-refractivity contribution in [2.45, 2.75) is 24.7 Å². The average Bonchev–Trinajstić information content (AvgIpc) is 2.73. The van der Waals surface area contributed by atoms with E-state index in [1.807, 2.05) is 6.92 Å². The molecule has 1 aromatic rings. The highest BCUT2D eigenvalue weighted by Crippen LogP contribution is 2.23. The van der Waals surface area contributed by atoms with Crippen LogP contribution in [0.15, 0.2) is 34.7 Å². The predicted molar refractivity (Wildman–Crippen MR) is 111 cm³/mol. The third kappa shape index (κ3) is 5.33. The molecule has 0 atom stereocenters. The minimum absolute atomic E-state index is 0. The molecule has 28 heavy (non-hydrogen) atoms. The summed E-state index contributed by atoms with van der Waals surface area (Å²) >= 11 is 0. The number of halogens is 1. The first-order valence-corrected chi connectivity index (χ1v) is 10.8. The van der Waals surface area contributed by atoms with Gasteiger partial charge < -0.3 is 15.4 Å². The van der Waals surface area contributed by atoms with Gasteiger partial charge >= 0.3 is 0 Å². The highest BCUT2D eigenvalue weighted by molar-refractivity contribution is 7.89. The maximum Gasteiger partial charge on any atom is 0.251 e. The number of benzene rings is 1. The largest absolute Gasteiger partial charge is 0.379 e. The van der Waals surface area contributed by atoms with Crippen LogP contribution in [0.5, 0.6) is 0 Å². The lowest BCUT2D eigenvalue weighted by Crippen LogP contribution is -2.41. The Morgan fingerprint density at radius 3 is 2.68 bits per heavy atom. The molecular weight excluding hydrogens is 402 g/mol. The zero-order valence-electron chi connectivity index (χ0n) is 16.1. The summed E-state index contributed by atoms with van der Waals surface area (Å²) in [6, 6.07) is 4.95. The normalized spacial score (nSPS) is 18.1. The van der Waals surface area contributed by atoms with Crippen LogP contribution in [0.25, 0.3) is 0 Å². The second-order valence-electron chi connectivity index (χ2n) is 6.69. The highest BCUT2D eigenvalue weighted by Gasteiger charge is 2.29. The van der Waals surface area contributed by atoms with Crippen molar-refractivity contribution in [2.75, 3.05) is 45.9 Å². The molecule has 0 unspecified atom stereocenters. The van der Waals surface area contributed by atoms with Gasteiger partial charge in [0.15, 0.2) is 0 Å². The summed E-state index contributed by atoms with van der Waals surface area (Å²) in [5, 5.41) is 6.13. The van der Waals surface area contributed by atoms with Crippen molar-refractivity contribution in [2.24, 2.45) is 0 Å². The molecule has 2 aliphatic heterocycles. The number of sulfonamides is 1. The van der Waals surface area contributed by atoms with E-state index < -0.39 is 10.0 Å². The smallest absolute Gasteiger partial charge is 0.251 e. The first-order chi connectivity index (χ1) is 13.0. The molecule has 3 rings (SSSR count). The first kappa shape index (κ1) is 22.8. The Kier molecular flexibility index (Phi) is 8.45. The van der Waals surface area contributed by atoms with E-state index in [0.29, 0.717) is 44.8 Å². The van der Waals surface area contributed by atoms with E-state index in [-0.39, 0.29) is 23.2 Å². The van der Waals surface area contributed by atoms with Crippen molar-refractivity contribution in [1.29, 1.82) is 0 Å². The van der Waals surface area contributed by atoms with Crippen molar-refractivity contribution in [3.63, 3.8) is 0 Å². The van der Waals surface area contributed by atoms with Gasteiger partial charge in [0.2, 0.25) is 10.0 Å². The van der Waals surface area contributed by atoms with Gasteiger partial charge in [0.05, 0.1) is 18.1 Å². The molecule has 1 saturated heterocycles. The molecule has 0 saturated carbocycles. The Labute approximate surface area is 173 Å². The fourth-order valence-corrected chi connectivity index (χ4v) is 5.01. The molecular formula is C19H28ClN3O4S. The van der Waals surface area contributed by atoms with Crippen LogP contribution in [-0.2, 0) is 21.2 Å². The maximum absolute atomic E-state index is 13.1. The summed E-state index contributed by atoms with van der Waals surface area (Å²) in [5.41, 5.74) is 2.28. The molecule has 2 aliphatic rings. The molecule has 2 heterocycles. The number of hydrogen-bond donors (Lipinski definition) is 2. The van der Waals surface area contributed by atoms with E-state index >= 15 is 0 Å². The topological polar surface area (TPSA) is 87.7 Å². The van der Waals surface area contributed by atoms with Gasteiger partial charge in [0.25, 0.3) is 5.91 Å². The predicted octanol–water partition coefficient (Wildman–Crippen LogP) is 1.34. The molecule has 2 N–H and O–H groups in total. The fourth-order valence-electron chi connectivity index (χ4n) is 3.28. The Morgan fingerprint density at radius 2 is 2.04 bits per heavy atom. The number of morpholine rings is 1. The molecule has 9 heteroatoms. The fraction of sp³-hybridized carbons (Fsp3) is 0.526. The third-order valence-corrected chi connectivity index (χ3v) is 6.91. The summed E-state index contributed by atoms with van der Waals surface area (Å²) in [6.07, 6.45) is 3.57. The molecule has 7 nitrogen and oxygen atoms in total. The van der Waals surface area contributed by atoms with Crippen LogP contribution in [0.1, 0.15) is 29.3 Å². The van der Waals surface area contributed by atoms with Gasteiger partial charge in [-0.05, 0) is 37.1 Å². The summed E-state index contributed by atoms with van der Waals surface area (Å²) < 4.78 is 32.8. The first-order valence-electron chi connectivity index (χ1n) is 9.40. The molecule has 0 aliphatic carbocycles. The van der Waals surface area contributed by atoms with Gasteiger partial charge in [-0.2, -0.15) is 4.31 Å². The van der Waals surface area contributed by atoms with Gasteiger partial charge in [-0.25, -0.2) is 8.42 Å². The number of amides is 1. The zero-order chi connectivity index (χ0) is 19.3. The third-order valence-electron chi connectivity index (χ3n) is 4.93. The molecule has 0 radical (unpaired) electrons. The summed E-state index contributed by atoms with van der Waals surface area (Å²) in [4.78, 5) is 12.8. The Hall–Kier alpha value is -1.45. The Morgan fingerprint density at radius 1 is 1.29 bits per heavy atom. The molecule has 0 aromatic heterocycles. The summed E-state index contributed by atoms with van der Waals surface area (Å²) in [6.45, 7) is 5.59. The van der Waals surface area contributed by atoms with E-state index in [2.05, 4.69) is 16.7 Å². The van der Waals surface area contributed by atoms with Crippen molar-refractivity contribution in [3.05, 3.63) is 41.0 Å². The van der Waals surface area contributed by atoms with Crippen LogP contribution >= 0.6 is 12.4 Å². The number of hydrogen-bond acceptors (Lipinski definition) is 5. The quantitative estimate of drug-likeness (QED) is 0.666. The molecule has 1 aromatic carbocycles. The van der Waals surface area contributed by atoms with E-state index in [9.17, 15) is 13.2 Å². The van der Waals surface area contributed by atoms with Crippen molar-refractivity contribution in [3.8, 4) is 0 Å². The van der Waals surface area contributed by atoms with Crippen LogP contribution < -0.4 is 10.6 Å². The van der Waals surface area contributed by atoms with Crippen molar-refractivity contribution in [1.82, 2.24) is 14.9 Å². The maximum atomic E-state index is 13.1. The van der Waals surface area contributed by atoms with Crippen molar-refractivity contribution >= 4 is 28.3 Å². The molecule has 1 amide bonds. The molecule has 1 fully saturated rings. The zero-order valence-corrected chi connectivity index (χ0v) is 17.7.